The topological polar surface area (TPSA) is 108 Å². The highest BCUT2D eigenvalue weighted by Gasteiger charge is 2.31. The fraction of sp³-hybridized carbons (Fsp3) is 0.261. The lowest BCUT2D eigenvalue weighted by molar-refractivity contribution is -0.112. The second kappa shape index (κ2) is 8.90. The Morgan fingerprint density at radius 1 is 1.22 bits per heavy atom. The van der Waals surface area contributed by atoms with Gasteiger partial charge < -0.3 is 15.7 Å². The lowest BCUT2D eigenvalue weighted by atomic mass is 10.0. The average Bonchev–Trinajstić information content (AvgIpc) is 2.76. The molecule has 1 fully saturated rings. The Hall–Kier alpha value is -2.93. The molecule has 3 unspecified atom stereocenters. The number of hydrogen-bond acceptors (Lipinski definition) is 6. The number of nitrogens with one attached hydrogen (secondary N) is 3. The van der Waals surface area contributed by atoms with E-state index in [4.69, 9.17) is 0 Å². The van der Waals surface area contributed by atoms with Crippen LogP contribution in [0.15, 0.2) is 87.5 Å². The molecule has 4 rings (SSSR count). The Kier molecular flexibility index (Phi) is 6.20. The van der Waals surface area contributed by atoms with Crippen molar-refractivity contribution in [1.29, 1.82) is 0 Å². The fourth-order valence-electron chi connectivity index (χ4n) is 3.37. The van der Waals surface area contributed by atoms with Gasteiger partial charge in [0.25, 0.3) is 15.9 Å². The van der Waals surface area contributed by atoms with Crippen LogP contribution in [0.3, 0.4) is 0 Å². The van der Waals surface area contributed by atoms with Crippen molar-refractivity contribution in [3.63, 3.8) is 0 Å². The number of amides is 1. The predicted octanol–water partition coefficient (Wildman–Crippen LogP) is 2.68. The third-order valence-electron chi connectivity index (χ3n) is 5.17. The van der Waals surface area contributed by atoms with Crippen molar-refractivity contribution < 1.29 is 18.3 Å². The van der Waals surface area contributed by atoms with Crippen LogP contribution in [0.5, 0.6) is 0 Å². The van der Waals surface area contributed by atoms with E-state index in [-0.39, 0.29) is 21.3 Å². The molecule has 1 aromatic carbocycles. The largest absolute Gasteiger partial charge is 0.373 e. The summed E-state index contributed by atoms with van der Waals surface area (Å²) in [6.07, 6.45) is 7.04. The van der Waals surface area contributed by atoms with Crippen molar-refractivity contribution in [3.05, 3.63) is 82.6 Å². The number of thioether (sulfide) groups is 1. The molecule has 1 amide bonds. The molecule has 1 saturated heterocycles. The third kappa shape index (κ3) is 4.93. The van der Waals surface area contributed by atoms with E-state index in [1.165, 1.54) is 24.3 Å². The number of anilines is 1. The Balaban J connectivity index is 1.42. The summed E-state index contributed by atoms with van der Waals surface area (Å²) >= 11 is 1.68. The number of carbonyl (C=O) groups excluding carboxylic acids is 1. The van der Waals surface area contributed by atoms with Crippen LogP contribution in [0.4, 0.5) is 5.69 Å². The van der Waals surface area contributed by atoms with E-state index in [0.717, 1.165) is 11.3 Å². The molecule has 0 aromatic heterocycles. The quantitative estimate of drug-likeness (QED) is 0.494. The van der Waals surface area contributed by atoms with Gasteiger partial charge in [0, 0.05) is 27.5 Å². The molecule has 3 aliphatic rings. The minimum absolute atomic E-state index is 0.0675. The summed E-state index contributed by atoms with van der Waals surface area (Å²) in [5, 5.41) is 16.1. The molecule has 4 N–H and O–H groups in total. The first-order valence-electron chi connectivity index (χ1n) is 10.1. The number of aliphatic hydroxyl groups excluding tert-OH is 1. The van der Waals surface area contributed by atoms with E-state index < -0.39 is 16.3 Å². The van der Waals surface area contributed by atoms with Crippen LogP contribution in [-0.4, -0.2) is 36.2 Å². The summed E-state index contributed by atoms with van der Waals surface area (Å²) in [5.41, 5.74) is 8.56. The number of allylic oxidation sites excluding steroid dienone is 4. The highest BCUT2D eigenvalue weighted by molar-refractivity contribution is 8.00. The SMILES string of the molecule is CC1=C=C=C(NS(=O)(=O)c2ccc(NC(=O)C3=CCC4SC(C)C(O)NC4=C3)cc2)C=C1. The van der Waals surface area contributed by atoms with Gasteiger partial charge >= 0.3 is 0 Å². The maximum absolute atomic E-state index is 12.7. The Bertz CT molecular complexity index is 1250. The molecule has 2 aliphatic carbocycles. The lowest BCUT2D eigenvalue weighted by Gasteiger charge is -2.36. The van der Waals surface area contributed by atoms with E-state index in [0.29, 0.717) is 23.4 Å². The molecule has 1 aliphatic heterocycles. The van der Waals surface area contributed by atoms with Crippen LogP contribution < -0.4 is 15.4 Å². The first-order chi connectivity index (χ1) is 15.2. The second-order valence-corrected chi connectivity index (χ2v) is 10.9. The third-order valence-corrected chi connectivity index (χ3v) is 8.01. The summed E-state index contributed by atoms with van der Waals surface area (Å²) in [7, 11) is -3.78. The Labute approximate surface area is 191 Å². The van der Waals surface area contributed by atoms with Gasteiger partial charge in [-0.2, -0.15) is 0 Å². The maximum Gasteiger partial charge on any atom is 0.262 e. The van der Waals surface area contributed by atoms with Crippen molar-refractivity contribution in [3.8, 4) is 0 Å². The zero-order valence-corrected chi connectivity index (χ0v) is 19.2. The number of carbonyl (C=O) groups is 1. The number of sulfonamides is 1. The van der Waals surface area contributed by atoms with Crippen LogP contribution >= 0.6 is 11.8 Å². The monoisotopic (exact) mass is 469 g/mol. The van der Waals surface area contributed by atoms with Gasteiger partial charge in [-0.1, -0.05) is 11.8 Å². The molecule has 166 valence electrons. The van der Waals surface area contributed by atoms with E-state index in [9.17, 15) is 18.3 Å². The molecule has 0 spiro atoms. The number of aliphatic hydroxyl groups is 1. The van der Waals surface area contributed by atoms with Gasteiger partial charge in [0.15, 0.2) is 0 Å². The Morgan fingerprint density at radius 3 is 2.66 bits per heavy atom. The minimum atomic E-state index is -3.78. The smallest absolute Gasteiger partial charge is 0.262 e. The zero-order valence-electron chi connectivity index (χ0n) is 17.5. The van der Waals surface area contributed by atoms with Crippen molar-refractivity contribution >= 4 is 33.4 Å². The molecule has 3 atom stereocenters. The molecule has 1 aromatic rings. The number of hydrogen-bond donors (Lipinski definition) is 4. The highest BCUT2D eigenvalue weighted by Crippen LogP contribution is 2.35. The van der Waals surface area contributed by atoms with Gasteiger partial charge in [-0.05, 0) is 74.1 Å². The predicted molar refractivity (Wildman–Crippen MR) is 125 cm³/mol. The molecule has 0 saturated carbocycles. The van der Waals surface area contributed by atoms with Gasteiger partial charge in [0.05, 0.1) is 10.6 Å². The van der Waals surface area contributed by atoms with Crippen LogP contribution in [0.2, 0.25) is 0 Å². The van der Waals surface area contributed by atoms with Gasteiger partial charge in [0.2, 0.25) is 0 Å². The molecule has 0 bridgehead atoms. The van der Waals surface area contributed by atoms with Crippen LogP contribution in [0.25, 0.3) is 0 Å². The second-order valence-electron chi connectivity index (χ2n) is 7.68. The maximum atomic E-state index is 12.7. The van der Waals surface area contributed by atoms with Crippen molar-refractivity contribution in [2.45, 2.75) is 41.9 Å². The summed E-state index contributed by atoms with van der Waals surface area (Å²) in [5.74, 6) is -0.297. The van der Waals surface area contributed by atoms with Crippen LogP contribution in [0.1, 0.15) is 20.3 Å². The first-order valence-corrected chi connectivity index (χ1v) is 12.5. The van der Waals surface area contributed by atoms with E-state index >= 15 is 0 Å². The molecule has 32 heavy (non-hydrogen) atoms. The van der Waals surface area contributed by atoms with Gasteiger partial charge in [-0.15, -0.1) is 11.8 Å². The average molecular weight is 470 g/mol. The van der Waals surface area contributed by atoms with Crippen LogP contribution in [0, 0.1) is 0 Å². The highest BCUT2D eigenvalue weighted by atomic mass is 32.2. The number of fused-ring (bicyclic) bond motifs is 1. The molecular formula is C23H23N3O4S2. The molecule has 0 radical (unpaired) electrons. The summed E-state index contributed by atoms with van der Waals surface area (Å²) < 4.78 is 27.6. The van der Waals surface area contributed by atoms with Crippen LogP contribution in [-0.2, 0) is 14.8 Å². The summed E-state index contributed by atoms with van der Waals surface area (Å²) in [6.45, 7) is 3.80. The zero-order chi connectivity index (χ0) is 22.9. The van der Waals surface area contributed by atoms with E-state index in [1.54, 1.807) is 30.0 Å². The summed E-state index contributed by atoms with van der Waals surface area (Å²) in [6, 6.07) is 5.93. The van der Waals surface area contributed by atoms with Gasteiger partial charge in [-0.25, -0.2) is 8.42 Å². The van der Waals surface area contributed by atoms with Crippen molar-refractivity contribution in [2.75, 3.05) is 5.32 Å². The van der Waals surface area contributed by atoms with Crippen molar-refractivity contribution in [1.82, 2.24) is 10.0 Å². The summed E-state index contributed by atoms with van der Waals surface area (Å²) in [4.78, 5) is 12.7. The Morgan fingerprint density at radius 2 is 1.97 bits per heavy atom. The normalized spacial score (nSPS) is 24.3. The minimum Gasteiger partial charge on any atom is -0.373 e. The van der Waals surface area contributed by atoms with Gasteiger partial charge in [-0.3, -0.25) is 9.52 Å². The van der Waals surface area contributed by atoms with Crippen molar-refractivity contribution in [2.24, 2.45) is 0 Å². The fourth-order valence-corrected chi connectivity index (χ4v) is 5.61. The molecule has 1 heterocycles. The molecular weight excluding hydrogens is 446 g/mol. The standard InChI is InChI=1S/C23H23N3O4S2/c1-14-3-6-18(7-4-14)26-32(29,30)19-10-8-17(9-11-19)24-23(28)16-5-12-21-20(13-16)25-22(27)15(2)31-21/h3,5-6,8-11,13,15,21-22,25-27H,12H2,1-2H3,(H,24,28). The molecule has 9 heteroatoms. The van der Waals surface area contributed by atoms with Gasteiger partial charge in [0.1, 0.15) is 6.23 Å². The van der Waals surface area contributed by atoms with E-state index in [2.05, 4.69) is 26.8 Å². The first kappa shape index (κ1) is 22.3. The van der Waals surface area contributed by atoms with E-state index in [1.807, 2.05) is 19.9 Å². The number of benzene rings is 1. The lowest BCUT2D eigenvalue weighted by Crippen LogP contribution is -2.45. The molecule has 7 nitrogen and oxygen atoms in total. The number of rotatable bonds is 5.